The number of nitrogens with one attached hydrogen (secondary N) is 1. The fraction of sp³-hybridized carbons (Fsp3) is 0.538. The Hall–Kier alpha value is -1.63. The average Bonchev–Trinajstić information content (AvgIpc) is 2.79. The lowest BCUT2D eigenvalue weighted by Crippen LogP contribution is -2.45. The van der Waals surface area contributed by atoms with Gasteiger partial charge in [0.15, 0.2) is 9.84 Å². The second-order valence-electron chi connectivity index (χ2n) is 5.09. The first-order valence-corrected chi connectivity index (χ1v) is 8.36. The lowest BCUT2D eigenvalue weighted by molar-refractivity contribution is 0.191. The number of urea groups is 1. The minimum absolute atomic E-state index is 0.0505. The molecule has 1 aliphatic heterocycles. The van der Waals surface area contributed by atoms with Gasteiger partial charge in [-0.3, -0.25) is 4.98 Å². The van der Waals surface area contributed by atoms with Gasteiger partial charge in [0.05, 0.1) is 23.2 Å². The number of hydrogen-bond acceptors (Lipinski definition) is 4. The van der Waals surface area contributed by atoms with Crippen LogP contribution in [0.2, 0.25) is 0 Å². The number of rotatable bonds is 3. The Morgan fingerprint density at radius 3 is 2.80 bits per heavy atom. The van der Waals surface area contributed by atoms with Crippen molar-refractivity contribution in [1.82, 2.24) is 15.2 Å². The second kappa shape index (κ2) is 5.78. The average molecular weight is 297 g/mol. The molecule has 110 valence electrons. The van der Waals surface area contributed by atoms with Crippen LogP contribution in [-0.4, -0.2) is 48.9 Å². The lowest BCUT2D eigenvalue weighted by atomic mass is 10.2. The van der Waals surface area contributed by atoms with Crippen LogP contribution in [-0.2, 0) is 9.84 Å². The van der Waals surface area contributed by atoms with Crippen LogP contribution in [0.5, 0.6) is 0 Å². The van der Waals surface area contributed by atoms with Crippen LogP contribution < -0.4 is 5.32 Å². The molecule has 20 heavy (non-hydrogen) atoms. The SMILES string of the molecule is C[C@@H](NC(=O)N(C)[C@@H]1CCS(=O)(=O)C1)c1ccccn1. The molecule has 0 aromatic carbocycles. The molecule has 0 aliphatic carbocycles. The summed E-state index contributed by atoms with van der Waals surface area (Å²) in [5.41, 5.74) is 0.772. The van der Waals surface area contributed by atoms with Crippen molar-refractivity contribution in [2.75, 3.05) is 18.6 Å². The van der Waals surface area contributed by atoms with E-state index < -0.39 is 9.84 Å². The maximum absolute atomic E-state index is 12.1. The van der Waals surface area contributed by atoms with Crippen molar-refractivity contribution < 1.29 is 13.2 Å². The molecular weight excluding hydrogens is 278 g/mol. The van der Waals surface area contributed by atoms with E-state index in [4.69, 9.17) is 0 Å². The maximum atomic E-state index is 12.1. The van der Waals surface area contributed by atoms with Crippen molar-refractivity contribution >= 4 is 15.9 Å². The number of aromatic nitrogens is 1. The summed E-state index contributed by atoms with van der Waals surface area (Å²) in [7, 11) is -1.36. The van der Waals surface area contributed by atoms with Gasteiger partial charge in [-0.05, 0) is 25.5 Å². The molecule has 0 saturated carbocycles. The van der Waals surface area contributed by atoms with Gasteiger partial charge >= 0.3 is 6.03 Å². The smallest absolute Gasteiger partial charge is 0.317 e. The lowest BCUT2D eigenvalue weighted by Gasteiger charge is -2.25. The number of amides is 2. The summed E-state index contributed by atoms with van der Waals surface area (Å²) in [4.78, 5) is 17.8. The van der Waals surface area contributed by atoms with Crippen LogP contribution in [0.4, 0.5) is 4.79 Å². The van der Waals surface area contributed by atoms with Gasteiger partial charge in [-0.25, -0.2) is 13.2 Å². The Morgan fingerprint density at radius 2 is 2.25 bits per heavy atom. The predicted molar refractivity (Wildman–Crippen MR) is 76.0 cm³/mol. The number of carbonyl (C=O) groups is 1. The van der Waals surface area contributed by atoms with E-state index in [-0.39, 0.29) is 29.6 Å². The molecule has 6 nitrogen and oxygen atoms in total. The predicted octanol–water partition coefficient (Wildman–Crippen LogP) is 0.971. The zero-order chi connectivity index (χ0) is 14.8. The van der Waals surface area contributed by atoms with Crippen molar-refractivity contribution in [3.63, 3.8) is 0 Å². The van der Waals surface area contributed by atoms with E-state index in [0.29, 0.717) is 6.42 Å². The van der Waals surface area contributed by atoms with Crippen LogP contribution >= 0.6 is 0 Å². The molecule has 2 atom stereocenters. The van der Waals surface area contributed by atoms with Gasteiger partial charge in [0.2, 0.25) is 0 Å². The largest absolute Gasteiger partial charge is 0.330 e. The molecular formula is C13H19N3O3S. The molecule has 2 rings (SSSR count). The maximum Gasteiger partial charge on any atom is 0.317 e. The number of sulfone groups is 1. The summed E-state index contributed by atoms with van der Waals surface area (Å²) in [6.07, 6.45) is 2.18. The Bertz CT molecular complexity index is 574. The van der Waals surface area contributed by atoms with Crippen LogP contribution in [0.1, 0.15) is 25.1 Å². The molecule has 1 N–H and O–H groups in total. The Labute approximate surface area is 119 Å². The first-order chi connectivity index (χ1) is 9.39. The molecule has 2 amide bonds. The van der Waals surface area contributed by atoms with Gasteiger partial charge in [-0.15, -0.1) is 0 Å². The minimum atomic E-state index is -2.99. The van der Waals surface area contributed by atoms with Crippen LogP contribution in [0, 0.1) is 0 Å². The number of nitrogens with zero attached hydrogens (tertiary/aromatic N) is 2. The molecule has 0 bridgehead atoms. The normalized spacial score (nSPS) is 22.2. The molecule has 0 radical (unpaired) electrons. The number of carbonyl (C=O) groups excluding carboxylic acids is 1. The molecule has 1 saturated heterocycles. The topological polar surface area (TPSA) is 79.4 Å². The Kier molecular flexibility index (Phi) is 4.27. The zero-order valence-corrected chi connectivity index (χ0v) is 12.4. The number of pyridine rings is 1. The van der Waals surface area contributed by atoms with Crippen LogP contribution in [0.3, 0.4) is 0 Å². The summed E-state index contributed by atoms with van der Waals surface area (Å²) in [6, 6.07) is 4.78. The second-order valence-corrected chi connectivity index (χ2v) is 7.32. The molecule has 1 aliphatic rings. The van der Waals surface area contributed by atoms with Gasteiger partial charge < -0.3 is 10.2 Å². The van der Waals surface area contributed by atoms with Crippen LogP contribution in [0.15, 0.2) is 24.4 Å². The van der Waals surface area contributed by atoms with Gasteiger partial charge in [0, 0.05) is 19.3 Å². The van der Waals surface area contributed by atoms with Crippen molar-refractivity contribution in [1.29, 1.82) is 0 Å². The van der Waals surface area contributed by atoms with Crippen molar-refractivity contribution in [3.05, 3.63) is 30.1 Å². The summed E-state index contributed by atoms with van der Waals surface area (Å²) >= 11 is 0. The molecule has 0 spiro atoms. The molecule has 1 aromatic heterocycles. The third-order valence-electron chi connectivity index (χ3n) is 3.55. The summed E-state index contributed by atoms with van der Waals surface area (Å²) in [5.74, 6) is 0.208. The zero-order valence-electron chi connectivity index (χ0n) is 11.6. The summed E-state index contributed by atoms with van der Waals surface area (Å²) < 4.78 is 22.9. The van der Waals surface area contributed by atoms with Gasteiger partial charge in [0.1, 0.15) is 0 Å². The van der Waals surface area contributed by atoms with E-state index in [1.807, 2.05) is 25.1 Å². The molecule has 7 heteroatoms. The Balaban J connectivity index is 1.95. The highest BCUT2D eigenvalue weighted by atomic mass is 32.2. The quantitative estimate of drug-likeness (QED) is 0.901. The standard InChI is InChI=1S/C13H19N3O3S/c1-10(12-5-3-4-7-14-12)15-13(17)16(2)11-6-8-20(18,19)9-11/h3-5,7,10-11H,6,8-9H2,1-2H3,(H,15,17)/t10-,11-/m1/s1. The number of hydrogen-bond donors (Lipinski definition) is 1. The summed E-state index contributed by atoms with van der Waals surface area (Å²) in [5, 5.41) is 2.83. The minimum Gasteiger partial charge on any atom is -0.330 e. The first kappa shape index (κ1) is 14.8. The third kappa shape index (κ3) is 3.47. The van der Waals surface area contributed by atoms with E-state index in [2.05, 4.69) is 10.3 Å². The van der Waals surface area contributed by atoms with Crippen molar-refractivity contribution in [2.45, 2.75) is 25.4 Å². The van der Waals surface area contributed by atoms with Gasteiger partial charge in [-0.1, -0.05) is 6.07 Å². The highest BCUT2D eigenvalue weighted by Crippen LogP contribution is 2.17. The molecule has 0 unspecified atom stereocenters. The van der Waals surface area contributed by atoms with E-state index in [1.165, 1.54) is 4.90 Å². The monoisotopic (exact) mass is 297 g/mol. The van der Waals surface area contributed by atoms with E-state index >= 15 is 0 Å². The van der Waals surface area contributed by atoms with Gasteiger partial charge in [0.25, 0.3) is 0 Å². The van der Waals surface area contributed by atoms with Crippen molar-refractivity contribution in [3.8, 4) is 0 Å². The van der Waals surface area contributed by atoms with E-state index in [1.54, 1.807) is 13.2 Å². The molecule has 2 heterocycles. The molecule has 1 aromatic rings. The fourth-order valence-electron chi connectivity index (χ4n) is 2.24. The highest BCUT2D eigenvalue weighted by Gasteiger charge is 2.33. The first-order valence-electron chi connectivity index (χ1n) is 6.54. The fourth-order valence-corrected chi connectivity index (χ4v) is 4.01. The van der Waals surface area contributed by atoms with Crippen LogP contribution in [0.25, 0.3) is 0 Å². The van der Waals surface area contributed by atoms with Crippen molar-refractivity contribution in [2.24, 2.45) is 0 Å². The van der Waals surface area contributed by atoms with E-state index in [9.17, 15) is 13.2 Å². The summed E-state index contributed by atoms with van der Waals surface area (Å²) in [6.45, 7) is 1.85. The van der Waals surface area contributed by atoms with Gasteiger partial charge in [-0.2, -0.15) is 0 Å². The third-order valence-corrected chi connectivity index (χ3v) is 5.30. The highest BCUT2D eigenvalue weighted by molar-refractivity contribution is 7.91. The van der Waals surface area contributed by atoms with E-state index in [0.717, 1.165) is 5.69 Å². The Morgan fingerprint density at radius 1 is 1.50 bits per heavy atom. The molecule has 1 fully saturated rings.